The minimum absolute atomic E-state index is 0.0117. The maximum atomic E-state index is 15.1. The van der Waals surface area contributed by atoms with E-state index in [9.17, 15) is 28.0 Å². The van der Waals surface area contributed by atoms with Gasteiger partial charge in [0.15, 0.2) is 11.4 Å². The van der Waals surface area contributed by atoms with Crippen molar-refractivity contribution in [2.75, 3.05) is 30.4 Å². The van der Waals surface area contributed by atoms with Crippen LogP contribution in [0.3, 0.4) is 0 Å². The number of nitrogens with zero attached hydrogens (tertiary/aromatic N) is 2. The molecular weight excluding hydrogens is 545 g/mol. The second-order valence-corrected chi connectivity index (χ2v) is 9.60. The fraction of sp³-hybridized carbons (Fsp3) is 0.360. The molecule has 2 aromatic rings. The Bertz CT molecular complexity index is 1310. The Hall–Kier alpha value is -4.00. The van der Waals surface area contributed by atoms with E-state index in [2.05, 4.69) is 10.6 Å². The Morgan fingerprint density at radius 3 is 2.56 bits per heavy atom. The van der Waals surface area contributed by atoms with Gasteiger partial charge in [0.05, 0.1) is 22.8 Å². The molecule has 14 heteroatoms. The van der Waals surface area contributed by atoms with Crippen LogP contribution < -0.4 is 15.5 Å². The van der Waals surface area contributed by atoms with Crippen molar-refractivity contribution in [2.24, 2.45) is 0 Å². The van der Waals surface area contributed by atoms with Crippen molar-refractivity contribution < 1.29 is 42.2 Å². The van der Waals surface area contributed by atoms with Crippen LogP contribution in [-0.4, -0.2) is 66.6 Å². The second kappa shape index (κ2) is 11.0. The van der Waals surface area contributed by atoms with Gasteiger partial charge in [0.25, 0.3) is 5.91 Å². The van der Waals surface area contributed by atoms with Crippen LogP contribution >= 0.6 is 11.6 Å². The highest BCUT2D eigenvalue weighted by Gasteiger charge is 2.49. The molecule has 3 N–H and O–H groups in total. The van der Waals surface area contributed by atoms with Gasteiger partial charge in [0.2, 0.25) is 12.3 Å². The molecule has 0 aromatic heterocycles. The van der Waals surface area contributed by atoms with Gasteiger partial charge in [-0.25, -0.2) is 22.8 Å². The maximum Gasteiger partial charge on any atom is 0.412 e. The van der Waals surface area contributed by atoms with E-state index in [0.717, 1.165) is 9.80 Å². The quantitative estimate of drug-likeness (QED) is 0.473. The summed E-state index contributed by atoms with van der Waals surface area (Å²) in [5, 5.41) is 13.6. The molecule has 2 aliphatic heterocycles. The maximum absolute atomic E-state index is 15.1. The fourth-order valence-corrected chi connectivity index (χ4v) is 4.93. The number of carbonyl (C=O) groups excluding carboxylic acids is 3. The van der Waals surface area contributed by atoms with Gasteiger partial charge in [0, 0.05) is 31.3 Å². The first kappa shape index (κ1) is 28.0. The summed E-state index contributed by atoms with van der Waals surface area (Å²) in [6, 6.07) is 6.32. The highest BCUT2D eigenvalue weighted by Crippen LogP contribution is 2.45. The number of likely N-dealkylation sites (tertiary alicyclic amines) is 1. The zero-order valence-electron chi connectivity index (χ0n) is 20.5. The summed E-state index contributed by atoms with van der Waals surface area (Å²) in [7, 11) is 1.30. The first-order valence-corrected chi connectivity index (χ1v) is 12.2. The van der Waals surface area contributed by atoms with Crippen LogP contribution in [0.2, 0.25) is 5.02 Å². The lowest BCUT2D eigenvalue weighted by molar-refractivity contribution is -0.142. The van der Waals surface area contributed by atoms with E-state index in [1.807, 2.05) is 0 Å². The van der Waals surface area contributed by atoms with E-state index in [0.29, 0.717) is 0 Å². The summed E-state index contributed by atoms with van der Waals surface area (Å²) in [5.41, 5.74) is -1.25. The normalized spacial score (nSPS) is 19.1. The van der Waals surface area contributed by atoms with Gasteiger partial charge in [-0.2, -0.15) is 0 Å². The highest BCUT2D eigenvalue weighted by molar-refractivity contribution is 6.31. The number of fused-ring (bicyclic) bond motifs is 2. The van der Waals surface area contributed by atoms with Crippen LogP contribution in [-0.2, 0) is 15.1 Å². The van der Waals surface area contributed by atoms with E-state index in [4.69, 9.17) is 21.4 Å². The minimum atomic E-state index is -2.95. The molecule has 1 saturated heterocycles. The monoisotopic (exact) mass is 568 g/mol. The van der Waals surface area contributed by atoms with E-state index in [-0.39, 0.29) is 53.5 Å². The topological polar surface area (TPSA) is 128 Å². The average molecular weight is 569 g/mol. The number of benzene rings is 2. The van der Waals surface area contributed by atoms with E-state index in [1.165, 1.54) is 43.4 Å². The molecular formula is C25H24ClF3N4O6. The molecule has 0 aliphatic carbocycles. The molecule has 208 valence electrons. The molecule has 10 nitrogen and oxygen atoms in total. The lowest BCUT2D eigenvalue weighted by atomic mass is 9.83. The van der Waals surface area contributed by atoms with E-state index >= 15 is 4.39 Å². The Kier molecular flexibility index (Phi) is 7.91. The van der Waals surface area contributed by atoms with Gasteiger partial charge < -0.3 is 20.1 Å². The summed E-state index contributed by atoms with van der Waals surface area (Å²) in [6.45, 7) is -0.246. The molecule has 2 aliphatic rings. The predicted octanol–water partition coefficient (Wildman–Crippen LogP) is 4.43. The number of halogens is 4. The fourth-order valence-electron chi connectivity index (χ4n) is 4.77. The van der Waals surface area contributed by atoms with Gasteiger partial charge in [-0.05, 0) is 49.2 Å². The van der Waals surface area contributed by atoms with Crippen molar-refractivity contribution >= 4 is 47.0 Å². The van der Waals surface area contributed by atoms with Crippen LogP contribution in [0.4, 0.5) is 34.1 Å². The summed E-state index contributed by atoms with van der Waals surface area (Å²) in [5.74, 6) is -2.52. The summed E-state index contributed by atoms with van der Waals surface area (Å²) >= 11 is 5.96. The van der Waals surface area contributed by atoms with Gasteiger partial charge in [0.1, 0.15) is 6.04 Å². The van der Waals surface area contributed by atoms with Gasteiger partial charge in [-0.15, -0.1) is 0 Å². The standard InChI is InChI=1S/C25H24ClF3N4O6/c1-32(24(37)38)14-5-3-13(4-6-14)21(34)30-17(11-18(27)28)22(35)33-10-2-9-25(12-33)19-16(31-23(36)39-25)8-7-15(26)20(19)29/h3-8,17-18H,2,9-12H2,1H3,(H,30,34)(H,31,36)(H,37,38)/t17-,25-/m0/s1. The number of hydrogen-bond donors (Lipinski definition) is 3. The predicted molar refractivity (Wildman–Crippen MR) is 134 cm³/mol. The van der Waals surface area contributed by atoms with Gasteiger partial charge in [-0.1, -0.05) is 11.6 Å². The zero-order valence-corrected chi connectivity index (χ0v) is 21.3. The molecule has 0 bridgehead atoms. The molecule has 2 aromatic carbocycles. The Labute approximate surface area is 225 Å². The number of anilines is 2. The number of piperidine rings is 1. The van der Waals surface area contributed by atoms with Crippen molar-refractivity contribution in [2.45, 2.75) is 37.3 Å². The number of alkyl halides is 2. The summed E-state index contributed by atoms with van der Waals surface area (Å²) in [4.78, 5) is 51.7. The van der Waals surface area contributed by atoms with Crippen LogP contribution in [0.5, 0.6) is 0 Å². The van der Waals surface area contributed by atoms with Crippen LogP contribution in [0, 0.1) is 5.82 Å². The van der Waals surface area contributed by atoms with Crippen LogP contribution in [0.25, 0.3) is 0 Å². The van der Waals surface area contributed by atoms with Crippen molar-refractivity contribution in [3.05, 3.63) is 58.4 Å². The average Bonchev–Trinajstić information content (AvgIpc) is 2.89. The third-order valence-corrected chi connectivity index (χ3v) is 6.95. The van der Waals surface area contributed by atoms with Crippen molar-refractivity contribution in [1.29, 1.82) is 0 Å². The number of rotatable bonds is 6. The van der Waals surface area contributed by atoms with Gasteiger partial charge in [-0.3, -0.25) is 19.8 Å². The molecule has 0 unspecified atom stereocenters. The number of nitrogens with one attached hydrogen (secondary N) is 2. The number of amides is 4. The Morgan fingerprint density at radius 2 is 1.92 bits per heavy atom. The smallest absolute Gasteiger partial charge is 0.412 e. The number of ether oxygens (including phenoxy) is 1. The third kappa shape index (κ3) is 5.72. The van der Waals surface area contributed by atoms with Crippen molar-refractivity contribution in [1.82, 2.24) is 10.2 Å². The summed E-state index contributed by atoms with van der Waals surface area (Å²) in [6.07, 6.45) is -5.63. The van der Waals surface area contributed by atoms with Crippen molar-refractivity contribution in [3.8, 4) is 0 Å². The molecule has 4 rings (SSSR count). The SMILES string of the molecule is CN(C(=O)O)c1ccc(C(=O)N[C@@H](CC(F)F)C(=O)N2CCC[C@@]3(C2)OC(=O)Nc2ccc(Cl)c(F)c23)cc1. The summed E-state index contributed by atoms with van der Waals surface area (Å²) < 4.78 is 47.5. The number of carboxylic acid groups (broad SMARTS) is 1. The lowest BCUT2D eigenvalue weighted by Crippen LogP contribution is -2.57. The number of hydrogen-bond acceptors (Lipinski definition) is 5. The number of carbonyl (C=O) groups is 4. The zero-order chi connectivity index (χ0) is 28.5. The first-order valence-electron chi connectivity index (χ1n) is 11.8. The van der Waals surface area contributed by atoms with E-state index < -0.39 is 54.3 Å². The van der Waals surface area contributed by atoms with Crippen LogP contribution in [0.1, 0.15) is 35.2 Å². The largest absolute Gasteiger partial charge is 0.465 e. The minimum Gasteiger partial charge on any atom is -0.465 e. The lowest BCUT2D eigenvalue weighted by Gasteiger charge is -2.45. The Morgan fingerprint density at radius 1 is 1.23 bits per heavy atom. The molecule has 2 atom stereocenters. The second-order valence-electron chi connectivity index (χ2n) is 9.20. The molecule has 1 spiro atoms. The molecule has 2 heterocycles. The van der Waals surface area contributed by atoms with E-state index in [1.54, 1.807) is 0 Å². The van der Waals surface area contributed by atoms with Crippen LogP contribution in [0.15, 0.2) is 36.4 Å². The Balaban J connectivity index is 1.57. The third-order valence-electron chi connectivity index (χ3n) is 6.66. The molecule has 4 amide bonds. The molecule has 0 radical (unpaired) electrons. The molecule has 0 saturated carbocycles. The first-order chi connectivity index (χ1) is 18.4. The van der Waals surface area contributed by atoms with Crippen molar-refractivity contribution in [3.63, 3.8) is 0 Å². The molecule has 39 heavy (non-hydrogen) atoms. The molecule has 1 fully saturated rings. The highest BCUT2D eigenvalue weighted by atomic mass is 35.5. The van der Waals surface area contributed by atoms with Gasteiger partial charge >= 0.3 is 12.2 Å².